The molecular formula is C28H35FN2O4. The molecule has 35 heavy (non-hydrogen) atoms. The van der Waals surface area contributed by atoms with Crippen LogP contribution in [-0.4, -0.2) is 69.3 Å². The second-order valence-electron chi connectivity index (χ2n) is 12.4. The standard InChI is InChI=1S/C28H35FN2O4/c1-25-8-10-27(29)13-18-23(32)24(33)20(31(2)3)14-26(18)9-11-28(27,35-26)22(25)7-5-17(25)16-4-6-21-19(12-16)30-15-34-21/h4-6,12,15,18,20,22-24,32-33H,7-11,13-14H2,1-3H3/t18?,20-,22?,23+,24+,25+,26+,27?,28-/m0/s1. The molecule has 2 saturated carbocycles. The van der Waals surface area contributed by atoms with Crippen molar-refractivity contribution in [1.82, 2.24) is 9.88 Å². The van der Waals surface area contributed by atoms with Gasteiger partial charge in [0.05, 0.1) is 17.8 Å². The Bertz CT molecular complexity index is 1230. The van der Waals surface area contributed by atoms with Crippen molar-refractivity contribution < 1.29 is 23.8 Å². The van der Waals surface area contributed by atoms with Crippen LogP contribution in [0, 0.1) is 17.3 Å². The maximum absolute atomic E-state index is 17.2. The molecule has 3 aliphatic carbocycles. The van der Waals surface area contributed by atoms with E-state index in [0.717, 1.165) is 35.9 Å². The summed E-state index contributed by atoms with van der Waals surface area (Å²) in [5.41, 5.74) is 0.879. The van der Waals surface area contributed by atoms with Crippen LogP contribution in [0.25, 0.3) is 16.7 Å². The van der Waals surface area contributed by atoms with Crippen LogP contribution >= 0.6 is 0 Å². The second kappa shape index (κ2) is 6.94. The number of fused-ring (bicyclic) bond motifs is 2. The third kappa shape index (κ3) is 2.65. The number of aromatic nitrogens is 1. The fourth-order valence-corrected chi connectivity index (χ4v) is 9.03. The van der Waals surface area contributed by atoms with Crippen LogP contribution in [0.5, 0.6) is 0 Å². The number of ether oxygens (including phenoxy) is 1. The van der Waals surface area contributed by atoms with Crippen molar-refractivity contribution in [3.05, 3.63) is 36.2 Å². The van der Waals surface area contributed by atoms with Crippen molar-refractivity contribution in [1.29, 1.82) is 0 Å². The SMILES string of the molecule is CN(C)[C@H]1C[C@@]23CC[C@]4(O2)C2CC=C(c5ccc6ocnc6c5)[C@@]2(C)CCC4(F)CC3[C@@H](O)[C@@H]1O. The highest BCUT2D eigenvalue weighted by atomic mass is 19.1. The summed E-state index contributed by atoms with van der Waals surface area (Å²) in [5, 5.41) is 22.0. The van der Waals surface area contributed by atoms with Crippen molar-refractivity contribution in [2.75, 3.05) is 14.1 Å². The Morgan fingerprint density at radius 1 is 1.09 bits per heavy atom. The average molecular weight is 483 g/mol. The topological polar surface area (TPSA) is 79.0 Å². The van der Waals surface area contributed by atoms with Gasteiger partial charge >= 0.3 is 0 Å². The molecule has 0 amide bonds. The number of aliphatic hydroxyl groups excluding tert-OH is 2. The molecule has 2 bridgehead atoms. The zero-order valence-electron chi connectivity index (χ0n) is 20.7. The molecule has 9 atom stereocenters. The summed E-state index contributed by atoms with van der Waals surface area (Å²) in [6.07, 6.45) is 6.17. The van der Waals surface area contributed by atoms with Gasteiger partial charge in [-0.1, -0.05) is 19.1 Å². The fraction of sp³-hybridized carbons (Fsp3) is 0.679. The van der Waals surface area contributed by atoms with Crippen LogP contribution in [0.15, 0.2) is 35.1 Å². The van der Waals surface area contributed by atoms with Gasteiger partial charge < -0.3 is 24.3 Å². The van der Waals surface area contributed by atoms with Crippen LogP contribution in [0.4, 0.5) is 4.39 Å². The summed E-state index contributed by atoms with van der Waals surface area (Å²) >= 11 is 0. The fourth-order valence-electron chi connectivity index (χ4n) is 9.03. The number of alkyl halides is 1. The van der Waals surface area contributed by atoms with Crippen LogP contribution in [0.1, 0.15) is 57.4 Å². The first-order valence-corrected chi connectivity index (χ1v) is 13.1. The van der Waals surface area contributed by atoms with Gasteiger partial charge in [-0.3, -0.25) is 0 Å². The molecule has 7 rings (SSSR count). The molecule has 1 aromatic heterocycles. The Balaban J connectivity index is 1.28. The van der Waals surface area contributed by atoms with Crippen LogP contribution in [-0.2, 0) is 4.74 Å². The maximum atomic E-state index is 17.2. The first-order chi connectivity index (χ1) is 16.6. The molecule has 3 unspecified atom stereocenters. The van der Waals surface area contributed by atoms with Gasteiger partial charge in [-0.25, -0.2) is 9.37 Å². The van der Waals surface area contributed by atoms with Gasteiger partial charge in [-0.2, -0.15) is 0 Å². The average Bonchev–Trinajstić information content (AvgIpc) is 3.52. The van der Waals surface area contributed by atoms with E-state index in [1.54, 1.807) is 0 Å². The van der Waals surface area contributed by atoms with Crippen molar-refractivity contribution in [3.8, 4) is 0 Å². The van der Waals surface area contributed by atoms with Crippen molar-refractivity contribution >= 4 is 16.7 Å². The number of aliphatic hydroxyl groups is 2. The van der Waals surface area contributed by atoms with Crippen molar-refractivity contribution in [2.45, 2.75) is 87.0 Å². The normalized spacial score (nSPS) is 48.5. The lowest BCUT2D eigenvalue weighted by atomic mass is 9.51. The number of hydrogen-bond acceptors (Lipinski definition) is 6. The minimum absolute atomic E-state index is 0.0406. The molecule has 2 saturated heterocycles. The lowest BCUT2D eigenvalue weighted by Gasteiger charge is -2.64. The Hall–Kier alpha value is -1.80. The summed E-state index contributed by atoms with van der Waals surface area (Å²) < 4.78 is 29.7. The highest BCUT2D eigenvalue weighted by Crippen LogP contribution is 2.72. The van der Waals surface area contributed by atoms with E-state index < -0.39 is 29.1 Å². The lowest BCUT2D eigenvalue weighted by Crippen LogP contribution is -2.72. The third-order valence-corrected chi connectivity index (χ3v) is 10.8. The highest BCUT2D eigenvalue weighted by Gasteiger charge is 2.77. The lowest BCUT2D eigenvalue weighted by molar-refractivity contribution is -0.314. The van der Waals surface area contributed by atoms with Gasteiger partial charge in [0.25, 0.3) is 0 Å². The molecule has 2 aliphatic heterocycles. The third-order valence-electron chi connectivity index (χ3n) is 10.8. The molecule has 2 spiro atoms. The molecule has 5 aliphatic rings. The maximum Gasteiger partial charge on any atom is 0.181 e. The van der Waals surface area contributed by atoms with Gasteiger partial charge in [-0.15, -0.1) is 0 Å². The Morgan fingerprint density at radius 3 is 2.71 bits per heavy atom. The number of oxazole rings is 1. The largest absolute Gasteiger partial charge is 0.443 e. The second-order valence-corrected chi connectivity index (χ2v) is 12.4. The first-order valence-electron chi connectivity index (χ1n) is 13.1. The molecule has 0 radical (unpaired) electrons. The quantitative estimate of drug-likeness (QED) is 0.671. The molecule has 4 fully saturated rings. The predicted octanol–water partition coefficient (Wildman–Crippen LogP) is 4.10. The summed E-state index contributed by atoms with van der Waals surface area (Å²) in [4.78, 5) is 6.32. The Labute approximate surface area is 205 Å². The monoisotopic (exact) mass is 482 g/mol. The van der Waals surface area contributed by atoms with E-state index in [-0.39, 0.29) is 29.7 Å². The van der Waals surface area contributed by atoms with Gasteiger partial charge in [-0.05, 0) is 87.7 Å². The van der Waals surface area contributed by atoms with E-state index in [1.807, 2.05) is 25.1 Å². The van der Waals surface area contributed by atoms with Gasteiger partial charge in [0.1, 0.15) is 16.8 Å². The molecule has 188 valence electrons. The highest BCUT2D eigenvalue weighted by molar-refractivity contribution is 5.82. The number of benzene rings is 1. The molecule has 1 aromatic carbocycles. The minimum atomic E-state index is -1.49. The van der Waals surface area contributed by atoms with Gasteiger partial charge in [0.15, 0.2) is 12.0 Å². The molecule has 6 nitrogen and oxygen atoms in total. The van der Waals surface area contributed by atoms with Crippen LogP contribution in [0.2, 0.25) is 0 Å². The number of likely N-dealkylation sites (N-methyl/N-ethyl adjacent to an activating group) is 1. The summed E-state index contributed by atoms with van der Waals surface area (Å²) in [5.74, 6) is -0.332. The summed E-state index contributed by atoms with van der Waals surface area (Å²) in [7, 11) is 3.86. The zero-order chi connectivity index (χ0) is 24.4. The molecule has 2 N–H and O–H groups in total. The van der Waals surface area contributed by atoms with E-state index in [2.05, 4.69) is 30.1 Å². The minimum Gasteiger partial charge on any atom is -0.443 e. The number of nitrogens with zero attached hydrogens (tertiary/aromatic N) is 2. The van der Waals surface area contributed by atoms with E-state index in [0.29, 0.717) is 19.3 Å². The predicted molar refractivity (Wildman–Crippen MR) is 129 cm³/mol. The number of halogens is 1. The van der Waals surface area contributed by atoms with E-state index in [1.165, 1.54) is 12.0 Å². The van der Waals surface area contributed by atoms with Crippen molar-refractivity contribution in [2.24, 2.45) is 17.3 Å². The summed E-state index contributed by atoms with van der Waals surface area (Å²) in [6.45, 7) is 2.29. The Morgan fingerprint density at radius 2 is 1.91 bits per heavy atom. The van der Waals surface area contributed by atoms with Crippen LogP contribution < -0.4 is 0 Å². The summed E-state index contributed by atoms with van der Waals surface area (Å²) in [6, 6.07) is 5.95. The zero-order valence-corrected chi connectivity index (χ0v) is 20.7. The molecular weight excluding hydrogens is 447 g/mol. The molecule has 3 heterocycles. The Kier molecular flexibility index (Phi) is 4.44. The van der Waals surface area contributed by atoms with E-state index >= 15 is 4.39 Å². The molecule has 2 aromatic rings. The van der Waals surface area contributed by atoms with Crippen LogP contribution in [0.3, 0.4) is 0 Å². The van der Waals surface area contributed by atoms with E-state index in [9.17, 15) is 10.2 Å². The smallest absolute Gasteiger partial charge is 0.181 e. The number of hydrogen-bond donors (Lipinski definition) is 2. The van der Waals surface area contributed by atoms with Crippen molar-refractivity contribution in [3.63, 3.8) is 0 Å². The molecule has 7 heteroatoms. The first kappa shape index (κ1) is 22.4. The van der Waals surface area contributed by atoms with E-state index in [4.69, 9.17) is 9.15 Å². The number of rotatable bonds is 2. The number of allylic oxidation sites excluding steroid dienone is 2. The van der Waals surface area contributed by atoms with Gasteiger partial charge in [0, 0.05) is 17.9 Å². The van der Waals surface area contributed by atoms with Gasteiger partial charge in [0.2, 0.25) is 0 Å².